The predicted molar refractivity (Wildman–Crippen MR) is 113 cm³/mol. The van der Waals surface area contributed by atoms with Crippen LogP contribution in [0.25, 0.3) is 0 Å². The summed E-state index contributed by atoms with van der Waals surface area (Å²) in [5.74, 6) is 0.360. The van der Waals surface area contributed by atoms with Crippen LogP contribution in [0.2, 0.25) is 0 Å². The van der Waals surface area contributed by atoms with Gasteiger partial charge in [-0.3, -0.25) is 4.79 Å². The van der Waals surface area contributed by atoms with Crippen molar-refractivity contribution in [1.82, 2.24) is 4.90 Å². The SMILES string of the molecule is Cc1cccc(CC(=O)C2CC3CCC(C2)N3C(=O)OCc2ccccc2)c1C. The van der Waals surface area contributed by atoms with Crippen LogP contribution in [0.4, 0.5) is 4.79 Å². The highest BCUT2D eigenvalue weighted by atomic mass is 16.6. The fraction of sp³-hybridized carbons (Fsp3) is 0.440. The number of nitrogens with zero attached hydrogens (tertiary/aromatic N) is 1. The third-order valence-electron chi connectivity index (χ3n) is 6.69. The number of Topliss-reactive ketones (excluding diaryl/α,β-unsaturated/α-hetero) is 1. The number of ketones is 1. The van der Waals surface area contributed by atoms with Crippen LogP contribution in [-0.4, -0.2) is 28.9 Å². The maximum Gasteiger partial charge on any atom is 0.410 e. The Morgan fingerprint density at radius 3 is 2.34 bits per heavy atom. The lowest BCUT2D eigenvalue weighted by molar-refractivity contribution is -0.124. The van der Waals surface area contributed by atoms with Crippen molar-refractivity contribution in [3.8, 4) is 0 Å². The molecule has 4 heteroatoms. The van der Waals surface area contributed by atoms with Gasteiger partial charge in [-0.2, -0.15) is 0 Å². The molecule has 152 valence electrons. The standard InChI is InChI=1S/C25H29NO3/c1-17-7-6-10-20(18(17)2)15-24(27)21-13-22-11-12-23(14-21)26(22)25(28)29-16-19-8-4-3-5-9-19/h3-10,21-23H,11-16H2,1-2H3. The van der Waals surface area contributed by atoms with Gasteiger partial charge in [0.1, 0.15) is 12.4 Å². The van der Waals surface area contributed by atoms with Crippen LogP contribution in [0.3, 0.4) is 0 Å². The van der Waals surface area contributed by atoms with Crippen LogP contribution >= 0.6 is 0 Å². The van der Waals surface area contributed by atoms with E-state index in [4.69, 9.17) is 4.74 Å². The first-order valence-corrected chi connectivity index (χ1v) is 10.6. The molecule has 0 aliphatic carbocycles. The Labute approximate surface area is 172 Å². The van der Waals surface area contributed by atoms with Crippen LogP contribution in [0, 0.1) is 19.8 Å². The van der Waals surface area contributed by atoms with E-state index in [2.05, 4.69) is 26.0 Å². The Morgan fingerprint density at radius 1 is 0.966 bits per heavy atom. The zero-order valence-corrected chi connectivity index (χ0v) is 17.3. The number of amides is 1. The summed E-state index contributed by atoms with van der Waals surface area (Å²) in [5, 5.41) is 0. The van der Waals surface area contributed by atoms with E-state index in [1.165, 1.54) is 11.1 Å². The summed E-state index contributed by atoms with van der Waals surface area (Å²) < 4.78 is 5.57. The molecule has 2 bridgehead atoms. The van der Waals surface area contributed by atoms with Crippen molar-refractivity contribution in [2.75, 3.05) is 0 Å². The molecule has 0 saturated carbocycles. The second kappa shape index (κ2) is 8.40. The highest BCUT2D eigenvalue weighted by Gasteiger charge is 2.45. The van der Waals surface area contributed by atoms with Gasteiger partial charge in [-0.25, -0.2) is 4.79 Å². The number of benzene rings is 2. The largest absolute Gasteiger partial charge is 0.445 e. The summed E-state index contributed by atoms with van der Waals surface area (Å²) in [5.41, 5.74) is 4.57. The lowest BCUT2D eigenvalue weighted by Crippen LogP contribution is -2.48. The van der Waals surface area contributed by atoms with Crippen LogP contribution in [-0.2, 0) is 22.6 Å². The van der Waals surface area contributed by atoms with E-state index in [0.29, 0.717) is 18.8 Å². The Balaban J connectivity index is 1.36. The number of hydrogen-bond acceptors (Lipinski definition) is 3. The predicted octanol–water partition coefficient (Wildman–Crippen LogP) is 4.99. The number of aryl methyl sites for hydroxylation is 1. The maximum absolute atomic E-state index is 13.0. The molecule has 2 aliphatic heterocycles. The van der Waals surface area contributed by atoms with Gasteiger partial charge in [0.2, 0.25) is 0 Å². The van der Waals surface area contributed by atoms with Gasteiger partial charge >= 0.3 is 6.09 Å². The van der Waals surface area contributed by atoms with Crippen molar-refractivity contribution < 1.29 is 14.3 Å². The number of rotatable bonds is 5. The molecule has 4 nitrogen and oxygen atoms in total. The summed E-state index contributed by atoms with van der Waals surface area (Å²) >= 11 is 0. The van der Waals surface area contributed by atoms with Crippen LogP contribution in [0.15, 0.2) is 48.5 Å². The van der Waals surface area contributed by atoms with Crippen LogP contribution in [0.5, 0.6) is 0 Å². The second-order valence-electron chi connectivity index (χ2n) is 8.50. The number of ether oxygens (including phenoxy) is 1. The van der Waals surface area contributed by atoms with Gasteiger partial charge < -0.3 is 9.64 Å². The lowest BCUT2D eigenvalue weighted by Gasteiger charge is -2.37. The minimum atomic E-state index is -0.234. The number of fused-ring (bicyclic) bond motifs is 2. The van der Waals surface area contributed by atoms with Gasteiger partial charge in [-0.15, -0.1) is 0 Å². The van der Waals surface area contributed by atoms with E-state index in [1.54, 1.807) is 0 Å². The number of hydrogen-bond donors (Lipinski definition) is 0. The summed E-state index contributed by atoms with van der Waals surface area (Å²) in [7, 11) is 0. The fourth-order valence-electron chi connectivity index (χ4n) is 4.87. The molecule has 4 rings (SSSR count). The Hall–Kier alpha value is -2.62. The number of carbonyl (C=O) groups is 2. The Morgan fingerprint density at radius 2 is 1.66 bits per heavy atom. The number of piperidine rings is 1. The summed E-state index contributed by atoms with van der Waals surface area (Å²) in [6.07, 6.45) is 3.73. The van der Waals surface area contributed by atoms with Crippen molar-refractivity contribution in [2.45, 2.75) is 64.6 Å². The normalized spacial score (nSPS) is 23.1. The summed E-state index contributed by atoms with van der Waals surface area (Å²) in [4.78, 5) is 27.6. The van der Waals surface area contributed by atoms with Gasteiger partial charge in [-0.1, -0.05) is 48.5 Å². The first kappa shape index (κ1) is 19.7. The molecule has 2 saturated heterocycles. The quantitative estimate of drug-likeness (QED) is 0.721. The topological polar surface area (TPSA) is 46.6 Å². The first-order chi connectivity index (χ1) is 14.0. The fourth-order valence-corrected chi connectivity index (χ4v) is 4.87. The zero-order valence-electron chi connectivity index (χ0n) is 17.3. The van der Waals surface area contributed by atoms with Gasteiger partial charge in [0.05, 0.1) is 0 Å². The average molecular weight is 392 g/mol. The molecular weight excluding hydrogens is 362 g/mol. The molecule has 2 aromatic rings. The van der Waals surface area contributed by atoms with E-state index in [-0.39, 0.29) is 24.1 Å². The molecule has 2 atom stereocenters. The second-order valence-corrected chi connectivity index (χ2v) is 8.50. The molecule has 0 spiro atoms. The molecule has 0 radical (unpaired) electrons. The summed E-state index contributed by atoms with van der Waals surface area (Å²) in [6, 6.07) is 16.2. The third-order valence-corrected chi connectivity index (χ3v) is 6.69. The molecule has 0 aromatic heterocycles. The molecule has 2 unspecified atom stereocenters. The zero-order chi connectivity index (χ0) is 20.4. The molecule has 2 aliphatic rings. The molecule has 2 fully saturated rings. The van der Waals surface area contributed by atoms with E-state index in [9.17, 15) is 9.59 Å². The molecule has 1 amide bonds. The molecule has 0 N–H and O–H groups in total. The van der Waals surface area contributed by atoms with E-state index < -0.39 is 0 Å². The third kappa shape index (κ3) is 4.21. The van der Waals surface area contributed by atoms with E-state index in [0.717, 1.165) is 36.8 Å². The summed E-state index contributed by atoms with van der Waals surface area (Å²) in [6.45, 7) is 4.47. The maximum atomic E-state index is 13.0. The minimum absolute atomic E-state index is 0.0468. The van der Waals surface area contributed by atoms with Crippen molar-refractivity contribution in [3.05, 3.63) is 70.8 Å². The van der Waals surface area contributed by atoms with Gasteiger partial charge in [0, 0.05) is 24.4 Å². The lowest BCUT2D eigenvalue weighted by atomic mass is 9.84. The molecular formula is C25H29NO3. The van der Waals surface area contributed by atoms with Crippen LogP contribution in [0.1, 0.15) is 47.9 Å². The monoisotopic (exact) mass is 391 g/mol. The molecule has 29 heavy (non-hydrogen) atoms. The molecule has 2 aromatic carbocycles. The van der Waals surface area contributed by atoms with Gasteiger partial charge in [0.15, 0.2) is 0 Å². The van der Waals surface area contributed by atoms with Gasteiger partial charge in [0.25, 0.3) is 0 Å². The van der Waals surface area contributed by atoms with Crippen molar-refractivity contribution in [2.24, 2.45) is 5.92 Å². The van der Waals surface area contributed by atoms with E-state index in [1.807, 2.05) is 41.3 Å². The smallest absolute Gasteiger partial charge is 0.410 e. The highest BCUT2D eigenvalue weighted by molar-refractivity contribution is 5.84. The minimum Gasteiger partial charge on any atom is -0.445 e. The Bertz CT molecular complexity index is 878. The van der Waals surface area contributed by atoms with Crippen molar-refractivity contribution >= 4 is 11.9 Å². The number of carbonyl (C=O) groups excluding carboxylic acids is 2. The van der Waals surface area contributed by atoms with E-state index >= 15 is 0 Å². The molecule has 2 heterocycles. The van der Waals surface area contributed by atoms with Crippen molar-refractivity contribution in [3.63, 3.8) is 0 Å². The van der Waals surface area contributed by atoms with Gasteiger partial charge in [-0.05, 0) is 61.8 Å². The van der Waals surface area contributed by atoms with Crippen molar-refractivity contribution in [1.29, 1.82) is 0 Å². The average Bonchev–Trinajstić information content (AvgIpc) is 2.99. The Kier molecular flexibility index (Phi) is 5.70. The first-order valence-electron chi connectivity index (χ1n) is 10.6. The highest BCUT2D eigenvalue weighted by Crippen LogP contribution is 2.40. The van der Waals surface area contributed by atoms with Crippen LogP contribution < -0.4 is 0 Å².